The van der Waals surface area contributed by atoms with E-state index in [1.54, 1.807) is 16.1 Å². The van der Waals surface area contributed by atoms with Crippen molar-refractivity contribution < 1.29 is 14.0 Å². The van der Waals surface area contributed by atoms with Crippen LogP contribution in [0.15, 0.2) is 41.1 Å². The average Bonchev–Trinajstić information content (AvgIpc) is 3.37. The maximum atomic E-state index is 13.3. The molecule has 1 atom stereocenters. The summed E-state index contributed by atoms with van der Waals surface area (Å²) in [6, 6.07) is 7.64. The Morgan fingerprint density at radius 1 is 1.13 bits per heavy atom. The van der Waals surface area contributed by atoms with Gasteiger partial charge >= 0.3 is 0 Å². The summed E-state index contributed by atoms with van der Waals surface area (Å²) >= 11 is 0. The van der Waals surface area contributed by atoms with Crippen molar-refractivity contribution in [3.05, 3.63) is 48.2 Å². The Balaban J connectivity index is 2.17. The normalized spacial score (nSPS) is 12.2. The standard InChI is InChI=1S/C24H37N3O3/c1-6-8-11-20(7-2)24(29)27(19(3)4)18-23(28)26(17-22-13-10-15-30-22)16-21-12-9-14-25(21)5/h9-10,12-15,19-20H,6-8,11,16-18H2,1-5H3/t20-/m1/s1. The smallest absolute Gasteiger partial charge is 0.242 e. The molecule has 0 N–H and O–H groups in total. The van der Waals surface area contributed by atoms with Gasteiger partial charge in [-0.05, 0) is 51.0 Å². The Hall–Kier alpha value is -2.50. The first kappa shape index (κ1) is 23.8. The van der Waals surface area contributed by atoms with Crippen LogP contribution in [0.3, 0.4) is 0 Å². The van der Waals surface area contributed by atoms with Gasteiger partial charge in [0.1, 0.15) is 12.3 Å². The van der Waals surface area contributed by atoms with Crippen molar-refractivity contribution in [2.75, 3.05) is 6.54 Å². The molecule has 0 radical (unpaired) electrons. The predicted octanol–water partition coefficient (Wildman–Crippen LogP) is 4.60. The fraction of sp³-hybridized carbons (Fsp3) is 0.583. The zero-order valence-electron chi connectivity index (χ0n) is 19.1. The molecule has 0 aliphatic carbocycles. The molecule has 2 rings (SSSR count). The summed E-state index contributed by atoms with van der Waals surface area (Å²) in [6.45, 7) is 9.08. The molecule has 2 aromatic rings. The molecule has 0 unspecified atom stereocenters. The lowest BCUT2D eigenvalue weighted by Gasteiger charge is -2.32. The fourth-order valence-corrected chi connectivity index (χ4v) is 3.63. The summed E-state index contributed by atoms with van der Waals surface area (Å²) in [7, 11) is 1.97. The molecule has 0 aromatic carbocycles. The van der Waals surface area contributed by atoms with Crippen LogP contribution in [-0.2, 0) is 29.7 Å². The van der Waals surface area contributed by atoms with Crippen molar-refractivity contribution in [2.24, 2.45) is 13.0 Å². The molecule has 0 aliphatic heterocycles. The lowest BCUT2D eigenvalue weighted by Crippen LogP contribution is -2.47. The highest BCUT2D eigenvalue weighted by atomic mass is 16.3. The Labute approximate surface area is 180 Å². The SMILES string of the molecule is CCCC[C@@H](CC)C(=O)N(CC(=O)N(Cc1ccco1)Cc1cccn1C)C(C)C. The quantitative estimate of drug-likeness (QED) is 0.509. The lowest BCUT2D eigenvalue weighted by molar-refractivity contribution is -0.145. The van der Waals surface area contributed by atoms with E-state index < -0.39 is 0 Å². The van der Waals surface area contributed by atoms with E-state index in [1.165, 1.54) is 0 Å². The van der Waals surface area contributed by atoms with Crippen molar-refractivity contribution in [3.63, 3.8) is 0 Å². The molecule has 2 heterocycles. The zero-order valence-corrected chi connectivity index (χ0v) is 19.1. The third-order valence-electron chi connectivity index (χ3n) is 5.64. The van der Waals surface area contributed by atoms with Crippen molar-refractivity contribution in [3.8, 4) is 0 Å². The van der Waals surface area contributed by atoms with Crippen LogP contribution in [0.4, 0.5) is 0 Å². The van der Waals surface area contributed by atoms with Gasteiger partial charge in [0.15, 0.2) is 0 Å². The third-order valence-corrected chi connectivity index (χ3v) is 5.64. The summed E-state index contributed by atoms with van der Waals surface area (Å²) < 4.78 is 7.49. The maximum absolute atomic E-state index is 13.3. The molecule has 0 bridgehead atoms. The summed E-state index contributed by atoms with van der Waals surface area (Å²) in [4.78, 5) is 30.0. The van der Waals surface area contributed by atoms with Crippen LogP contribution in [-0.4, -0.2) is 38.8 Å². The molecular formula is C24H37N3O3. The van der Waals surface area contributed by atoms with Crippen LogP contribution < -0.4 is 0 Å². The number of carbonyl (C=O) groups is 2. The number of carbonyl (C=O) groups excluding carboxylic acids is 2. The minimum atomic E-state index is -0.0694. The van der Waals surface area contributed by atoms with Gasteiger partial charge in [-0.15, -0.1) is 0 Å². The van der Waals surface area contributed by atoms with Gasteiger partial charge in [0.05, 0.1) is 19.4 Å². The van der Waals surface area contributed by atoms with E-state index in [1.807, 2.05) is 55.9 Å². The Bertz CT molecular complexity index is 779. The van der Waals surface area contributed by atoms with Crippen molar-refractivity contribution in [2.45, 2.75) is 72.5 Å². The Morgan fingerprint density at radius 3 is 2.43 bits per heavy atom. The molecule has 0 saturated carbocycles. The molecule has 2 amide bonds. The van der Waals surface area contributed by atoms with Crippen LogP contribution >= 0.6 is 0 Å². The fourth-order valence-electron chi connectivity index (χ4n) is 3.63. The summed E-state index contributed by atoms with van der Waals surface area (Å²) in [5.74, 6) is 0.729. The number of aryl methyl sites for hydroxylation is 1. The predicted molar refractivity (Wildman–Crippen MR) is 119 cm³/mol. The Morgan fingerprint density at radius 2 is 1.90 bits per heavy atom. The van der Waals surface area contributed by atoms with E-state index in [9.17, 15) is 9.59 Å². The van der Waals surface area contributed by atoms with E-state index in [0.717, 1.165) is 37.1 Å². The largest absolute Gasteiger partial charge is 0.467 e. The first-order valence-corrected chi connectivity index (χ1v) is 11.1. The molecule has 2 aromatic heterocycles. The number of nitrogens with zero attached hydrogens (tertiary/aromatic N) is 3. The molecule has 0 fully saturated rings. The summed E-state index contributed by atoms with van der Waals surface area (Å²) in [5, 5.41) is 0. The molecule has 166 valence electrons. The van der Waals surface area contributed by atoms with Crippen LogP contribution in [0.1, 0.15) is 64.8 Å². The first-order chi connectivity index (χ1) is 14.4. The molecule has 30 heavy (non-hydrogen) atoms. The van der Waals surface area contributed by atoms with Gasteiger partial charge < -0.3 is 18.8 Å². The van der Waals surface area contributed by atoms with Gasteiger partial charge in [0.2, 0.25) is 11.8 Å². The van der Waals surface area contributed by atoms with Crippen LogP contribution in [0.25, 0.3) is 0 Å². The van der Waals surface area contributed by atoms with Crippen molar-refractivity contribution in [1.82, 2.24) is 14.4 Å². The van der Waals surface area contributed by atoms with Crippen LogP contribution in [0.2, 0.25) is 0 Å². The van der Waals surface area contributed by atoms with Crippen molar-refractivity contribution in [1.29, 1.82) is 0 Å². The van der Waals surface area contributed by atoms with E-state index in [2.05, 4.69) is 13.8 Å². The number of hydrogen-bond donors (Lipinski definition) is 0. The van der Waals surface area contributed by atoms with Crippen LogP contribution in [0.5, 0.6) is 0 Å². The van der Waals surface area contributed by atoms with Gasteiger partial charge in [-0.3, -0.25) is 9.59 Å². The number of aromatic nitrogens is 1. The van der Waals surface area contributed by atoms with E-state index in [0.29, 0.717) is 13.1 Å². The van der Waals surface area contributed by atoms with Crippen molar-refractivity contribution >= 4 is 11.8 Å². The maximum Gasteiger partial charge on any atom is 0.242 e. The second-order valence-corrected chi connectivity index (χ2v) is 8.25. The van der Waals surface area contributed by atoms with Gasteiger partial charge in [0, 0.05) is 30.9 Å². The third kappa shape index (κ3) is 6.51. The number of furan rings is 1. The highest BCUT2D eigenvalue weighted by Gasteiger charge is 2.28. The number of rotatable bonds is 12. The lowest BCUT2D eigenvalue weighted by atomic mass is 9.97. The molecule has 0 spiro atoms. The summed E-state index contributed by atoms with van der Waals surface area (Å²) in [6.07, 6.45) is 7.36. The minimum absolute atomic E-state index is 0.0217. The molecule has 0 saturated heterocycles. The first-order valence-electron chi connectivity index (χ1n) is 11.1. The number of unbranched alkanes of at least 4 members (excludes halogenated alkanes) is 1. The average molecular weight is 416 g/mol. The Kier molecular flexibility index (Phi) is 9.21. The molecule has 6 heteroatoms. The molecule has 6 nitrogen and oxygen atoms in total. The zero-order chi connectivity index (χ0) is 22.1. The van der Waals surface area contributed by atoms with E-state index >= 15 is 0 Å². The topological polar surface area (TPSA) is 58.7 Å². The van der Waals surface area contributed by atoms with E-state index in [4.69, 9.17) is 4.42 Å². The monoisotopic (exact) mass is 415 g/mol. The molecule has 0 aliphatic rings. The highest BCUT2D eigenvalue weighted by molar-refractivity contribution is 5.86. The highest BCUT2D eigenvalue weighted by Crippen LogP contribution is 2.19. The van der Waals surface area contributed by atoms with Gasteiger partial charge in [-0.1, -0.05) is 26.7 Å². The summed E-state index contributed by atoms with van der Waals surface area (Å²) in [5.41, 5.74) is 1.03. The van der Waals surface area contributed by atoms with Crippen LogP contribution in [0, 0.1) is 5.92 Å². The number of hydrogen-bond acceptors (Lipinski definition) is 3. The molecular weight excluding hydrogens is 378 g/mol. The number of amides is 2. The minimum Gasteiger partial charge on any atom is -0.467 e. The van der Waals surface area contributed by atoms with Gasteiger partial charge in [-0.25, -0.2) is 0 Å². The van der Waals surface area contributed by atoms with Gasteiger partial charge in [-0.2, -0.15) is 0 Å². The second kappa shape index (κ2) is 11.6. The van der Waals surface area contributed by atoms with Gasteiger partial charge in [0.25, 0.3) is 0 Å². The van der Waals surface area contributed by atoms with E-state index in [-0.39, 0.29) is 30.3 Å². The second-order valence-electron chi connectivity index (χ2n) is 8.25.